The van der Waals surface area contributed by atoms with Gasteiger partial charge in [0.15, 0.2) is 0 Å². The van der Waals surface area contributed by atoms with Gasteiger partial charge in [-0.3, -0.25) is 9.69 Å². The summed E-state index contributed by atoms with van der Waals surface area (Å²) in [4.78, 5) is 13.0. The van der Waals surface area contributed by atoms with Gasteiger partial charge < -0.3 is 5.32 Å². The Morgan fingerprint density at radius 3 is 3.00 bits per heavy atom. The van der Waals surface area contributed by atoms with E-state index < -0.39 is 0 Å². The summed E-state index contributed by atoms with van der Waals surface area (Å²) in [6.45, 7) is 0.381. The predicted octanol–water partition coefficient (Wildman–Crippen LogP) is 0.785. The number of anilines is 1. The fourth-order valence-corrected chi connectivity index (χ4v) is 1.35. The van der Waals surface area contributed by atoms with Crippen LogP contribution in [0.4, 0.5) is 5.69 Å². The van der Waals surface area contributed by atoms with Crippen LogP contribution in [-0.4, -0.2) is 12.6 Å². The summed E-state index contributed by atoms with van der Waals surface area (Å²) in [7, 11) is 0. The third-order valence-corrected chi connectivity index (χ3v) is 1.99. The summed E-state index contributed by atoms with van der Waals surface area (Å²) in [5, 5.41) is 2.68. The summed E-state index contributed by atoms with van der Waals surface area (Å²) in [5.41, 5.74) is 1.43. The lowest BCUT2D eigenvalue weighted by molar-refractivity contribution is 0.0949. The number of nitrogens with zero attached hydrogens (tertiary/aromatic N) is 1. The van der Waals surface area contributed by atoms with E-state index in [2.05, 4.69) is 11.4 Å². The average Bonchev–Trinajstić information content (AvgIpc) is 2.19. The minimum Gasteiger partial charge on any atom is -0.333 e. The molecule has 1 aromatic rings. The number of benzene rings is 1. The first-order chi connectivity index (χ1) is 6.33. The molecule has 0 bridgehead atoms. The van der Waals surface area contributed by atoms with Crippen molar-refractivity contribution in [3.8, 4) is 12.5 Å². The van der Waals surface area contributed by atoms with Crippen molar-refractivity contribution < 1.29 is 4.79 Å². The highest BCUT2D eigenvalue weighted by Crippen LogP contribution is 2.21. The normalized spacial score (nSPS) is 14.4. The van der Waals surface area contributed by atoms with Crippen molar-refractivity contribution in [2.45, 2.75) is 0 Å². The second-order valence-corrected chi connectivity index (χ2v) is 2.74. The lowest BCUT2D eigenvalue weighted by Crippen LogP contribution is -2.40. The van der Waals surface area contributed by atoms with Crippen LogP contribution in [0.1, 0.15) is 10.4 Å². The van der Waals surface area contributed by atoms with E-state index in [-0.39, 0.29) is 5.91 Å². The zero-order valence-corrected chi connectivity index (χ0v) is 6.95. The van der Waals surface area contributed by atoms with E-state index in [0.717, 1.165) is 5.69 Å². The minimum atomic E-state index is -0.0675. The van der Waals surface area contributed by atoms with E-state index in [4.69, 9.17) is 6.42 Å². The molecule has 0 unspecified atom stereocenters. The highest BCUT2D eigenvalue weighted by Gasteiger charge is 2.20. The number of carbonyl (C=O) groups excluding carboxylic acids is 1. The molecule has 1 aromatic carbocycles. The van der Waals surface area contributed by atoms with Gasteiger partial charge in [-0.05, 0) is 12.1 Å². The van der Waals surface area contributed by atoms with Crippen molar-refractivity contribution >= 4 is 11.6 Å². The molecule has 3 nitrogen and oxygen atoms in total. The number of para-hydroxylation sites is 1. The smallest absolute Gasteiger partial charge is 0.254 e. The molecule has 0 spiro atoms. The van der Waals surface area contributed by atoms with E-state index in [1.165, 1.54) is 0 Å². The SMILES string of the molecule is C#CN1CNC(=O)c2ccccc21. The summed E-state index contributed by atoms with van der Waals surface area (Å²) < 4.78 is 0. The van der Waals surface area contributed by atoms with Crippen molar-refractivity contribution in [2.24, 2.45) is 0 Å². The lowest BCUT2D eigenvalue weighted by atomic mass is 10.1. The van der Waals surface area contributed by atoms with Crippen LogP contribution in [0.15, 0.2) is 24.3 Å². The molecule has 1 aliphatic heterocycles. The van der Waals surface area contributed by atoms with Crippen LogP contribution in [0, 0.1) is 12.5 Å². The van der Waals surface area contributed by atoms with Crippen molar-refractivity contribution in [1.29, 1.82) is 0 Å². The fourth-order valence-electron chi connectivity index (χ4n) is 1.35. The van der Waals surface area contributed by atoms with Crippen LogP contribution in [0.5, 0.6) is 0 Å². The number of rotatable bonds is 0. The molecule has 0 saturated carbocycles. The van der Waals surface area contributed by atoms with E-state index in [9.17, 15) is 4.79 Å². The van der Waals surface area contributed by atoms with E-state index in [1.807, 2.05) is 18.2 Å². The van der Waals surface area contributed by atoms with E-state index >= 15 is 0 Å². The van der Waals surface area contributed by atoms with Crippen molar-refractivity contribution in [3.05, 3.63) is 29.8 Å². The first-order valence-electron chi connectivity index (χ1n) is 3.94. The zero-order chi connectivity index (χ0) is 9.26. The van der Waals surface area contributed by atoms with Crippen molar-refractivity contribution in [1.82, 2.24) is 5.32 Å². The first kappa shape index (κ1) is 7.69. The molecule has 0 aromatic heterocycles. The Bertz CT molecular complexity index is 392. The number of fused-ring (bicyclic) bond motifs is 1. The van der Waals surface area contributed by atoms with Crippen LogP contribution in [0.3, 0.4) is 0 Å². The molecule has 3 heteroatoms. The number of carbonyl (C=O) groups is 1. The van der Waals surface area contributed by atoms with Gasteiger partial charge in [0.2, 0.25) is 0 Å². The molecule has 1 amide bonds. The monoisotopic (exact) mass is 172 g/mol. The van der Waals surface area contributed by atoms with Crippen LogP contribution in [-0.2, 0) is 0 Å². The predicted molar refractivity (Wildman–Crippen MR) is 50.1 cm³/mol. The average molecular weight is 172 g/mol. The number of hydrogen-bond acceptors (Lipinski definition) is 2. The lowest BCUT2D eigenvalue weighted by Gasteiger charge is -2.25. The second kappa shape index (κ2) is 2.83. The van der Waals surface area contributed by atoms with Gasteiger partial charge in [-0.1, -0.05) is 18.6 Å². The van der Waals surface area contributed by atoms with Gasteiger partial charge in [0.1, 0.15) is 6.67 Å². The van der Waals surface area contributed by atoms with Crippen LogP contribution < -0.4 is 10.2 Å². The van der Waals surface area contributed by atoms with Gasteiger partial charge in [-0.2, -0.15) is 0 Å². The van der Waals surface area contributed by atoms with Gasteiger partial charge in [0.05, 0.1) is 11.3 Å². The molecule has 13 heavy (non-hydrogen) atoms. The zero-order valence-electron chi connectivity index (χ0n) is 6.95. The Labute approximate surface area is 76.4 Å². The summed E-state index contributed by atoms with van der Waals surface area (Å²) in [5.74, 6) is -0.0675. The first-order valence-corrected chi connectivity index (χ1v) is 3.94. The quantitative estimate of drug-likeness (QED) is 0.587. The van der Waals surface area contributed by atoms with Gasteiger partial charge in [-0.15, -0.1) is 0 Å². The molecule has 1 aliphatic rings. The molecule has 0 radical (unpaired) electrons. The molecule has 1 N–H and O–H groups in total. The largest absolute Gasteiger partial charge is 0.333 e. The maximum Gasteiger partial charge on any atom is 0.254 e. The Hall–Kier alpha value is -1.95. The maximum absolute atomic E-state index is 11.3. The molecule has 0 atom stereocenters. The topological polar surface area (TPSA) is 32.3 Å². The molecule has 2 rings (SSSR count). The maximum atomic E-state index is 11.3. The second-order valence-electron chi connectivity index (χ2n) is 2.74. The summed E-state index contributed by atoms with van der Waals surface area (Å²) in [6, 6.07) is 9.78. The Balaban J connectivity index is 2.55. The fraction of sp³-hybridized carbons (Fsp3) is 0.100. The number of terminal acetylenes is 1. The van der Waals surface area contributed by atoms with Crippen molar-refractivity contribution in [3.63, 3.8) is 0 Å². The van der Waals surface area contributed by atoms with Gasteiger partial charge in [0, 0.05) is 6.04 Å². The molecular weight excluding hydrogens is 164 g/mol. The van der Waals surface area contributed by atoms with Crippen molar-refractivity contribution in [2.75, 3.05) is 11.6 Å². The number of nitrogens with one attached hydrogen (secondary N) is 1. The number of amides is 1. The molecule has 1 heterocycles. The van der Waals surface area contributed by atoms with E-state index in [1.54, 1.807) is 11.0 Å². The minimum absolute atomic E-state index is 0.0675. The third-order valence-electron chi connectivity index (χ3n) is 1.99. The Morgan fingerprint density at radius 2 is 2.23 bits per heavy atom. The molecule has 0 aliphatic carbocycles. The van der Waals surface area contributed by atoms with Crippen LogP contribution in [0.25, 0.3) is 0 Å². The van der Waals surface area contributed by atoms with Crippen LogP contribution >= 0.6 is 0 Å². The number of hydrogen-bond donors (Lipinski definition) is 1. The highest BCUT2D eigenvalue weighted by atomic mass is 16.2. The van der Waals surface area contributed by atoms with E-state index in [0.29, 0.717) is 12.2 Å². The molecular formula is C10H8N2O. The molecule has 64 valence electrons. The molecule has 0 fully saturated rings. The van der Waals surface area contributed by atoms with Gasteiger partial charge >= 0.3 is 0 Å². The third kappa shape index (κ3) is 1.13. The highest BCUT2D eigenvalue weighted by molar-refractivity contribution is 6.01. The van der Waals surface area contributed by atoms with Gasteiger partial charge in [0.25, 0.3) is 5.91 Å². The Morgan fingerprint density at radius 1 is 1.46 bits per heavy atom. The van der Waals surface area contributed by atoms with Crippen LogP contribution in [0.2, 0.25) is 0 Å². The molecule has 0 saturated heterocycles. The standard InChI is InChI=1S/C10H8N2O/c1-2-12-7-11-10(13)8-5-3-4-6-9(8)12/h1,3-6H,7H2,(H,11,13). The van der Waals surface area contributed by atoms with Gasteiger partial charge in [-0.25, -0.2) is 0 Å². The summed E-state index contributed by atoms with van der Waals surface area (Å²) in [6.07, 6.45) is 5.29. The summed E-state index contributed by atoms with van der Waals surface area (Å²) >= 11 is 0. The Kier molecular flexibility index (Phi) is 1.67.